The fraction of sp³-hybridized carbons (Fsp3) is 0.667. The molecule has 1 nitrogen and oxygen atoms in total. The molecule has 0 radical (unpaired) electrons. The van der Waals surface area contributed by atoms with Gasteiger partial charge in [-0.15, -0.1) is 6.42 Å². The number of rotatable bonds is 7. The van der Waals surface area contributed by atoms with Crippen molar-refractivity contribution in [2.75, 3.05) is 0 Å². The van der Waals surface area contributed by atoms with E-state index in [0.29, 0.717) is 0 Å². The maximum absolute atomic E-state index is 9.19. The van der Waals surface area contributed by atoms with Crippen molar-refractivity contribution in [3.05, 3.63) is 12.2 Å². The third kappa shape index (κ3) is 6.42. The average molecular weight is 180 g/mol. The van der Waals surface area contributed by atoms with E-state index < -0.39 is 6.10 Å². The third-order valence-corrected chi connectivity index (χ3v) is 2.15. The van der Waals surface area contributed by atoms with Crippen LogP contribution in [-0.2, 0) is 0 Å². The lowest BCUT2D eigenvalue weighted by Gasteiger charge is -2.06. The molecule has 0 saturated carbocycles. The standard InChI is InChI=1S/C12H20O/c1-4-6-7-8-9-10-11(3)12(13)5-2/h2,12-13H,3-4,6-10H2,1H3/t12-/m0/s1. The van der Waals surface area contributed by atoms with Gasteiger partial charge in [0.25, 0.3) is 0 Å². The van der Waals surface area contributed by atoms with E-state index in [1.54, 1.807) is 0 Å². The van der Waals surface area contributed by atoms with Gasteiger partial charge in [-0.1, -0.05) is 45.1 Å². The quantitative estimate of drug-likeness (QED) is 0.363. The Morgan fingerprint density at radius 1 is 1.38 bits per heavy atom. The van der Waals surface area contributed by atoms with Crippen molar-refractivity contribution < 1.29 is 5.11 Å². The summed E-state index contributed by atoms with van der Waals surface area (Å²) in [5.74, 6) is 2.27. The minimum absolute atomic E-state index is 0.744. The molecule has 0 aliphatic rings. The first-order valence-corrected chi connectivity index (χ1v) is 5.04. The Kier molecular flexibility index (Phi) is 7.44. The molecule has 1 heteroatoms. The van der Waals surface area contributed by atoms with E-state index in [4.69, 9.17) is 6.42 Å². The summed E-state index contributed by atoms with van der Waals surface area (Å²) in [7, 11) is 0. The number of unbranched alkanes of at least 4 members (excludes halogenated alkanes) is 4. The van der Waals surface area contributed by atoms with Crippen molar-refractivity contribution >= 4 is 0 Å². The van der Waals surface area contributed by atoms with Crippen LogP contribution in [0.15, 0.2) is 12.2 Å². The first kappa shape index (κ1) is 12.3. The lowest BCUT2D eigenvalue weighted by Crippen LogP contribution is -2.05. The van der Waals surface area contributed by atoms with Gasteiger partial charge in [0.2, 0.25) is 0 Å². The van der Waals surface area contributed by atoms with Crippen LogP contribution in [0.2, 0.25) is 0 Å². The molecule has 0 aliphatic carbocycles. The summed E-state index contributed by atoms with van der Waals surface area (Å²) >= 11 is 0. The minimum atomic E-state index is -0.744. The molecule has 0 unspecified atom stereocenters. The molecule has 0 bridgehead atoms. The molecular formula is C12H20O. The van der Waals surface area contributed by atoms with Gasteiger partial charge in [-0.05, 0) is 18.4 Å². The zero-order valence-corrected chi connectivity index (χ0v) is 8.55. The summed E-state index contributed by atoms with van der Waals surface area (Å²) in [6.45, 7) is 5.95. The molecule has 0 aromatic heterocycles. The van der Waals surface area contributed by atoms with Gasteiger partial charge in [0.15, 0.2) is 0 Å². The van der Waals surface area contributed by atoms with Crippen LogP contribution in [-0.4, -0.2) is 11.2 Å². The predicted molar refractivity (Wildman–Crippen MR) is 57.4 cm³/mol. The summed E-state index contributed by atoms with van der Waals surface area (Å²) in [6.07, 6.45) is 11.3. The number of hydrogen-bond acceptors (Lipinski definition) is 1. The number of hydrogen-bond donors (Lipinski definition) is 1. The smallest absolute Gasteiger partial charge is 0.135 e. The van der Waals surface area contributed by atoms with Crippen molar-refractivity contribution in [2.45, 2.75) is 51.6 Å². The molecule has 0 rings (SSSR count). The molecule has 0 saturated heterocycles. The largest absolute Gasteiger partial charge is 0.376 e. The lowest BCUT2D eigenvalue weighted by atomic mass is 10.0. The van der Waals surface area contributed by atoms with Gasteiger partial charge in [-0.3, -0.25) is 0 Å². The van der Waals surface area contributed by atoms with Crippen LogP contribution in [0.25, 0.3) is 0 Å². The summed E-state index contributed by atoms with van der Waals surface area (Å²) in [6, 6.07) is 0. The van der Waals surface area contributed by atoms with Gasteiger partial charge in [0.05, 0.1) is 0 Å². The van der Waals surface area contributed by atoms with Crippen LogP contribution in [0, 0.1) is 12.3 Å². The highest BCUT2D eigenvalue weighted by Gasteiger charge is 2.03. The Morgan fingerprint density at radius 2 is 2.00 bits per heavy atom. The highest BCUT2D eigenvalue weighted by molar-refractivity contribution is 5.14. The predicted octanol–water partition coefficient (Wildman–Crippen LogP) is 2.90. The van der Waals surface area contributed by atoms with E-state index in [1.807, 2.05) is 0 Å². The molecule has 0 amide bonds. The van der Waals surface area contributed by atoms with Crippen LogP contribution in [0.4, 0.5) is 0 Å². The van der Waals surface area contributed by atoms with Crippen LogP contribution >= 0.6 is 0 Å². The van der Waals surface area contributed by atoms with Gasteiger partial charge >= 0.3 is 0 Å². The lowest BCUT2D eigenvalue weighted by molar-refractivity contribution is 0.263. The Labute approximate surface area is 81.9 Å². The summed E-state index contributed by atoms with van der Waals surface area (Å²) in [5, 5.41) is 9.19. The molecule has 0 aliphatic heterocycles. The van der Waals surface area contributed by atoms with Crippen LogP contribution in [0.3, 0.4) is 0 Å². The van der Waals surface area contributed by atoms with Gasteiger partial charge in [0.1, 0.15) is 6.10 Å². The molecule has 0 fully saturated rings. The van der Waals surface area contributed by atoms with Crippen LogP contribution in [0.5, 0.6) is 0 Å². The zero-order valence-electron chi connectivity index (χ0n) is 8.55. The highest BCUT2D eigenvalue weighted by atomic mass is 16.3. The molecule has 0 aromatic rings. The van der Waals surface area contributed by atoms with E-state index in [-0.39, 0.29) is 0 Å². The second-order valence-corrected chi connectivity index (χ2v) is 3.39. The number of aliphatic hydroxyl groups excluding tert-OH is 1. The van der Waals surface area contributed by atoms with Crippen molar-refractivity contribution in [3.8, 4) is 12.3 Å². The molecule has 1 atom stereocenters. The second kappa shape index (κ2) is 7.89. The highest BCUT2D eigenvalue weighted by Crippen LogP contribution is 2.12. The van der Waals surface area contributed by atoms with E-state index in [1.165, 1.54) is 25.7 Å². The Bertz CT molecular complexity index is 176. The average Bonchev–Trinajstić information content (AvgIpc) is 2.16. The number of terminal acetylenes is 1. The van der Waals surface area contributed by atoms with Crippen LogP contribution in [0.1, 0.15) is 45.4 Å². The topological polar surface area (TPSA) is 20.2 Å². The van der Waals surface area contributed by atoms with E-state index in [2.05, 4.69) is 19.4 Å². The Morgan fingerprint density at radius 3 is 2.54 bits per heavy atom. The first-order valence-electron chi connectivity index (χ1n) is 5.04. The van der Waals surface area contributed by atoms with Crippen molar-refractivity contribution in [1.29, 1.82) is 0 Å². The van der Waals surface area contributed by atoms with Crippen molar-refractivity contribution in [2.24, 2.45) is 0 Å². The second-order valence-electron chi connectivity index (χ2n) is 3.39. The normalized spacial score (nSPS) is 12.1. The van der Waals surface area contributed by atoms with E-state index in [9.17, 15) is 5.11 Å². The monoisotopic (exact) mass is 180 g/mol. The maximum atomic E-state index is 9.19. The zero-order chi connectivity index (χ0) is 10.1. The molecule has 74 valence electrons. The molecule has 0 heterocycles. The fourth-order valence-electron chi connectivity index (χ4n) is 1.21. The Balaban J connectivity index is 3.33. The Hall–Kier alpha value is -0.740. The maximum Gasteiger partial charge on any atom is 0.135 e. The SMILES string of the molecule is C#C[C@H](O)C(=C)CCCCCCC. The van der Waals surface area contributed by atoms with Crippen molar-refractivity contribution in [1.82, 2.24) is 0 Å². The van der Waals surface area contributed by atoms with Crippen molar-refractivity contribution in [3.63, 3.8) is 0 Å². The summed E-state index contributed by atoms with van der Waals surface area (Å²) in [4.78, 5) is 0. The third-order valence-electron chi connectivity index (χ3n) is 2.15. The molecule has 0 aromatic carbocycles. The number of aliphatic hydroxyl groups is 1. The van der Waals surface area contributed by atoms with E-state index in [0.717, 1.165) is 18.4 Å². The molecule has 0 spiro atoms. The summed E-state index contributed by atoms with van der Waals surface area (Å²) < 4.78 is 0. The summed E-state index contributed by atoms with van der Waals surface area (Å²) in [5.41, 5.74) is 0.777. The fourth-order valence-corrected chi connectivity index (χ4v) is 1.21. The van der Waals surface area contributed by atoms with Gasteiger partial charge in [-0.2, -0.15) is 0 Å². The van der Waals surface area contributed by atoms with Gasteiger partial charge < -0.3 is 5.11 Å². The van der Waals surface area contributed by atoms with Crippen LogP contribution < -0.4 is 0 Å². The van der Waals surface area contributed by atoms with Gasteiger partial charge in [0, 0.05) is 0 Å². The van der Waals surface area contributed by atoms with E-state index >= 15 is 0 Å². The minimum Gasteiger partial charge on any atom is -0.376 e. The first-order chi connectivity index (χ1) is 6.22. The molecular weight excluding hydrogens is 160 g/mol. The molecule has 13 heavy (non-hydrogen) atoms. The molecule has 1 N–H and O–H groups in total. The van der Waals surface area contributed by atoms with Gasteiger partial charge in [-0.25, -0.2) is 0 Å².